The Balaban J connectivity index is 2.57. The Kier molecular flexibility index (Phi) is 2.68. The Bertz CT molecular complexity index is 501. The molecular formula is C11H12N4O. The maximum absolute atomic E-state index is 10.8. The molecule has 0 spiro atoms. The first-order valence-corrected chi connectivity index (χ1v) is 4.91. The number of rotatable bonds is 3. The van der Waals surface area contributed by atoms with E-state index < -0.39 is 0 Å². The summed E-state index contributed by atoms with van der Waals surface area (Å²) in [6.07, 6.45) is 0.688. The second-order valence-electron chi connectivity index (χ2n) is 3.42. The van der Waals surface area contributed by atoms with Crippen LogP contribution >= 0.6 is 0 Å². The zero-order chi connectivity index (χ0) is 11.5. The monoisotopic (exact) mass is 216 g/mol. The highest BCUT2D eigenvalue weighted by Gasteiger charge is 2.11. The zero-order valence-electron chi connectivity index (χ0n) is 9.14. The maximum atomic E-state index is 10.8. The summed E-state index contributed by atoms with van der Waals surface area (Å²) < 4.78 is 1.67. The highest BCUT2D eigenvalue weighted by Crippen LogP contribution is 2.15. The second-order valence-corrected chi connectivity index (χ2v) is 3.42. The fourth-order valence-electron chi connectivity index (χ4n) is 1.48. The van der Waals surface area contributed by atoms with Crippen molar-refractivity contribution in [1.82, 2.24) is 14.8 Å². The predicted octanol–water partition coefficient (Wildman–Crippen LogP) is 1.43. The molecule has 5 nitrogen and oxygen atoms in total. The van der Waals surface area contributed by atoms with E-state index in [1.165, 1.54) is 0 Å². The van der Waals surface area contributed by atoms with E-state index in [1.54, 1.807) is 11.6 Å². The third-order valence-corrected chi connectivity index (χ3v) is 2.31. The first-order valence-electron chi connectivity index (χ1n) is 4.91. The van der Waals surface area contributed by atoms with Crippen molar-refractivity contribution in [1.29, 1.82) is 0 Å². The van der Waals surface area contributed by atoms with Crippen LogP contribution in [0.3, 0.4) is 0 Å². The Labute approximate surface area is 93.1 Å². The van der Waals surface area contributed by atoms with Crippen molar-refractivity contribution in [2.75, 3.05) is 12.4 Å². The molecule has 0 aliphatic rings. The average Bonchev–Trinajstić information content (AvgIpc) is 2.73. The van der Waals surface area contributed by atoms with Crippen molar-refractivity contribution in [3.05, 3.63) is 35.7 Å². The number of carbonyl (C=O) groups is 1. The van der Waals surface area contributed by atoms with Crippen LogP contribution in [-0.2, 0) is 0 Å². The summed E-state index contributed by atoms with van der Waals surface area (Å²) in [5.41, 5.74) is 2.03. The lowest BCUT2D eigenvalue weighted by Crippen LogP contribution is -2.04. The van der Waals surface area contributed by atoms with Gasteiger partial charge in [-0.3, -0.25) is 9.36 Å². The van der Waals surface area contributed by atoms with Gasteiger partial charge in [0.15, 0.2) is 6.29 Å². The molecule has 82 valence electrons. The molecule has 2 rings (SSSR count). The molecular weight excluding hydrogens is 204 g/mol. The smallest absolute Gasteiger partial charge is 0.229 e. The summed E-state index contributed by atoms with van der Waals surface area (Å²) in [7, 11) is 1.74. The lowest BCUT2D eigenvalue weighted by Gasteiger charge is -2.07. The van der Waals surface area contributed by atoms with Crippen LogP contribution in [0.5, 0.6) is 0 Å². The number of aldehydes is 1. The number of anilines is 1. The summed E-state index contributed by atoms with van der Waals surface area (Å²) >= 11 is 0. The number of carbonyl (C=O) groups excluding carboxylic acids is 1. The number of aryl methyl sites for hydroxylation is 1. The Morgan fingerprint density at radius 2 is 1.94 bits per heavy atom. The van der Waals surface area contributed by atoms with Gasteiger partial charge in [-0.05, 0) is 19.1 Å². The highest BCUT2D eigenvalue weighted by atomic mass is 16.1. The summed E-state index contributed by atoms with van der Waals surface area (Å²) in [5, 5.41) is 10.6. The largest absolute Gasteiger partial charge is 0.357 e. The standard InChI is InChI=1S/C11H12N4O/c1-8-3-5-9(6-4-8)15-10(7-16)13-14-11(15)12-2/h3-7H,1-2H3,(H,12,14). The van der Waals surface area contributed by atoms with E-state index in [-0.39, 0.29) is 5.82 Å². The summed E-state index contributed by atoms with van der Waals surface area (Å²) in [5.74, 6) is 0.833. The molecule has 2 aromatic rings. The second kappa shape index (κ2) is 4.14. The molecule has 0 amide bonds. The van der Waals surface area contributed by atoms with Gasteiger partial charge in [0.2, 0.25) is 11.8 Å². The van der Waals surface area contributed by atoms with E-state index in [0.717, 1.165) is 11.3 Å². The van der Waals surface area contributed by atoms with Crippen LogP contribution in [0, 0.1) is 6.92 Å². The maximum Gasteiger partial charge on any atom is 0.229 e. The Hall–Kier alpha value is -2.17. The number of aromatic nitrogens is 3. The fraction of sp³-hybridized carbons (Fsp3) is 0.182. The van der Waals surface area contributed by atoms with Crippen molar-refractivity contribution in [2.45, 2.75) is 6.92 Å². The minimum atomic E-state index is 0.285. The first-order chi connectivity index (χ1) is 7.76. The molecule has 16 heavy (non-hydrogen) atoms. The molecule has 1 heterocycles. The van der Waals surface area contributed by atoms with Crippen LogP contribution in [0.15, 0.2) is 24.3 Å². The third-order valence-electron chi connectivity index (χ3n) is 2.31. The predicted molar refractivity (Wildman–Crippen MR) is 61.0 cm³/mol. The molecule has 0 unspecified atom stereocenters. The SMILES string of the molecule is CNc1nnc(C=O)n1-c1ccc(C)cc1. The minimum absolute atomic E-state index is 0.285. The van der Waals surface area contributed by atoms with E-state index in [4.69, 9.17) is 0 Å². The average molecular weight is 216 g/mol. The van der Waals surface area contributed by atoms with Gasteiger partial charge in [-0.15, -0.1) is 10.2 Å². The van der Waals surface area contributed by atoms with Gasteiger partial charge in [-0.25, -0.2) is 0 Å². The molecule has 1 N–H and O–H groups in total. The zero-order valence-corrected chi connectivity index (χ0v) is 9.14. The molecule has 0 saturated heterocycles. The number of hydrogen-bond donors (Lipinski definition) is 1. The minimum Gasteiger partial charge on any atom is -0.357 e. The molecule has 0 saturated carbocycles. The van der Waals surface area contributed by atoms with Gasteiger partial charge in [0.25, 0.3) is 0 Å². The van der Waals surface area contributed by atoms with E-state index >= 15 is 0 Å². The molecule has 5 heteroatoms. The number of nitrogens with one attached hydrogen (secondary N) is 1. The van der Waals surface area contributed by atoms with Crippen LogP contribution in [0.1, 0.15) is 16.2 Å². The van der Waals surface area contributed by atoms with E-state index in [1.807, 2.05) is 31.2 Å². The van der Waals surface area contributed by atoms with Crippen LogP contribution in [-0.4, -0.2) is 28.1 Å². The summed E-state index contributed by atoms with van der Waals surface area (Å²) in [4.78, 5) is 10.8. The molecule has 0 aliphatic heterocycles. The first kappa shape index (κ1) is 10.4. The van der Waals surface area contributed by atoms with Crippen LogP contribution in [0.25, 0.3) is 5.69 Å². The van der Waals surface area contributed by atoms with E-state index in [9.17, 15) is 4.79 Å². The van der Waals surface area contributed by atoms with Crippen LogP contribution < -0.4 is 5.32 Å². The van der Waals surface area contributed by atoms with Gasteiger partial charge in [-0.1, -0.05) is 17.7 Å². The molecule has 0 radical (unpaired) electrons. The molecule has 0 bridgehead atoms. The Morgan fingerprint density at radius 1 is 1.25 bits per heavy atom. The van der Waals surface area contributed by atoms with Crippen molar-refractivity contribution in [3.63, 3.8) is 0 Å². The molecule has 0 aliphatic carbocycles. The highest BCUT2D eigenvalue weighted by molar-refractivity contribution is 5.72. The normalized spacial score (nSPS) is 10.1. The van der Waals surface area contributed by atoms with Gasteiger partial charge in [0.1, 0.15) is 0 Å². The lowest BCUT2D eigenvalue weighted by atomic mass is 10.2. The number of nitrogens with zero attached hydrogens (tertiary/aromatic N) is 3. The van der Waals surface area contributed by atoms with Crippen molar-refractivity contribution in [3.8, 4) is 5.69 Å². The van der Waals surface area contributed by atoms with Gasteiger partial charge in [0, 0.05) is 7.05 Å². The van der Waals surface area contributed by atoms with Crippen molar-refractivity contribution < 1.29 is 4.79 Å². The summed E-state index contributed by atoms with van der Waals surface area (Å²) in [6, 6.07) is 7.80. The van der Waals surface area contributed by atoms with Gasteiger partial charge in [0.05, 0.1) is 5.69 Å². The quantitative estimate of drug-likeness (QED) is 0.788. The van der Waals surface area contributed by atoms with Crippen molar-refractivity contribution in [2.24, 2.45) is 0 Å². The van der Waals surface area contributed by atoms with Gasteiger partial charge < -0.3 is 5.32 Å². The Morgan fingerprint density at radius 3 is 2.50 bits per heavy atom. The molecule has 1 aromatic carbocycles. The van der Waals surface area contributed by atoms with E-state index in [2.05, 4.69) is 15.5 Å². The topological polar surface area (TPSA) is 59.8 Å². The van der Waals surface area contributed by atoms with Crippen LogP contribution in [0.4, 0.5) is 5.95 Å². The van der Waals surface area contributed by atoms with Crippen molar-refractivity contribution >= 4 is 12.2 Å². The van der Waals surface area contributed by atoms with E-state index in [0.29, 0.717) is 12.2 Å². The molecule has 0 fully saturated rings. The molecule has 1 aromatic heterocycles. The number of hydrogen-bond acceptors (Lipinski definition) is 4. The van der Waals surface area contributed by atoms with Crippen LogP contribution in [0.2, 0.25) is 0 Å². The summed E-state index contributed by atoms with van der Waals surface area (Å²) in [6.45, 7) is 2.01. The van der Waals surface area contributed by atoms with Gasteiger partial charge in [-0.2, -0.15) is 0 Å². The van der Waals surface area contributed by atoms with Gasteiger partial charge >= 0.3 is 0 Å². The fourth-order valence-corrected chi connectivity index (χ4v) is 1.48. The third kappa shape index (κ3) is 1.67. The lowest BCUT2D eigenvalue weighted by molar-refractivity contribution is 0.111. The number of benzene rings is 1. The molecule has 0 atom stereocenters.